The van der Waals surface area contributed by atoms with Crippen LogP contribution < -0.4 is 5.32 Å². The highest BCUT2D eigenvalue weighted by Crippen LogP contribution is 2.30. The molecule has 0 saturated carbocycles. The van der Waals surface area contributed by atoms with E-state index in [1.165, 1.54) is 32.1 Å². The highest BCUT2D eigenvalue weighted by Gasteiger charge is 2.23. The number of hydrogen-bond acceptors (Lipinski definition) is 1. The Balaban J connectivity index is 4.15. The smallest absolute Gasteiger partial charge is 0.00368 e. The van der Waals surface area contributed by atoms with Crippen molar-refractivity contribution in [1.82, 2.24) is 5.32 Å². The van der Waals surface area contributed by atoms with E-state index in [2.05, 4.69) is 38.7 Å². The zero-order valence-corrected chi connectivity index (χ0v) is 11.1. The van der Waals surface area contributed by atoms with E-state index in [1.54, 1.807) is 0 Å². The van der Waals surface area contributed by atoms with Gasteiger partial charge in [-0.05, 0) is 24.8 Å². The van der Waals surface area contributed by atoms with Gasteiger partial charge in [-0.1, -0.05) is 52.5 Å². The first-order valence-corrected chi connectivity index (χ1v) is 6.40. The van der Waals surface area contributed by atoms with E-state index in [0.717, 1.165) is 12.5 Å². The van der Waals surface area contributed by atoms with Crippen molar-refractivity contribution in [3.8, 4) is 0 Å². The number of unbranched alkanes of at least 4 members (excludes halogenated alkanes) is 1. The lowest BCUT2D eigenvalue weighted by molar-refractivity contribution is 0.278. The molecule has 0 rings (SSSR count). The van der Waals surface area contributed by atoms with Crippen LogP contribution >= 0.6 is 0 Å². The highest BCUT2D eigenvalue weighted by molar-refractivity contribution is 4.94. The molecule has 2 unspecified atom stereocenters. The zero-order chi connectivity index (χ0) is 11.7. The van der Waals surface area contributed by atoms with Crippen molar-refractivity contribution in [1.29, 1.82) is 0 Å². The third-order valence-corrected chi connectivity index (χ3v) is 3.37. The van der Waals surface area contributed by atoms with Crippen molar-refractivity contribution in [3.63, 3.8) is 0 Å². The Kier molecular flexibility index (Phi) is 7.76. The molecule has 0 bridgehead atoms. The van der Waals surface area contributed by atoms with Crippen molar-refractivity contribution in [3.05, 3.63) is 12.7 Å². The maximum absolute atomic E-state index is 3.98. The van der Waals surface area contributed by atoms with Gasteiger partial charge in [0.25, 0.3) is 0 Å². The van der Waals surface area contributed by atoms with Gasteiger partial charge in [-0.3, -0.25) is 0 Å². The van der Waals surface area contributed by atoms with Crippen LogP contribution in [0.15, 0.2) is 12.7 Å². The quantitative estimate of drug-likeness (QED) is 0.568. The monoisotopic (exact) mass is 211 g/mol. The highest BCUT2D eigenvalue weighted by atomic mass is 14.8. The Morgan fingerprint density at radius 2 is 2.07 bits per heavy atom. The van der Waals surface area contributed by atoms with E-state index in [0.29, 0.717) is 0 Å². The Hall–Kier alpha value is -0.300. The van der Waals surface area contributed by atoms with Gasteiger partial charge in [-0.15, -0.1) is 6.58 Å². The summed E-state index contributed by atoms with van der Waals surface area (Å²) in [5.41, 5.74) is 0.267. The Bertz CT molecular complexity index is 165. The Morgan fingerprint density at radius 3 is 2.47 bits per heavy atom. The van der Waals surface area contributed by atoms with Gasteiger partial charge in [-0.25, -0.2) is 0 Å². The summed E-state index contributed by atoms with van der Waals surface area (Å²) in [5, 5.41) is 3.27. The van der Waals surface area contributed by atoms with Gasteiger partial charge in [0.1, 0.15) is 0 Å². The minimum absolute atomic E-state index is 0.267. The van der Waals surface area contributed by atoms with Crippen LogP contribution in [0.5, 0.6) is 0 Å². The van der Waals surface area contributed by atoms with E-state index in [-0.39, 0.29) is 5.41 Å². The lowest BCUT2D eigenvalue weighted by Crippen LogP contribution is -2.29. The minimum atomic E-state index is 0.267. The lowest BCUT2D eigenvalue weighted by atomic mass is 9.78. The fraction of sp³-hybridized carbons (Fsp3) is 0.857. The summed E-state index contributed by atoms with van der Waals surface area (Å²) >= 11 is 0. The molecule has 0 aromatic rings. The van der Waals surface area contributed by atoms with Gasteiger partial charge in [0, 0.05) is 6.54 Å². The van der Waals surface area contributed by atoms with Crippen molar-refractivity contribution < 1.29 is 0 Å². The molecule has 0 aliphatic heterocycles. The second-order valence-corrected chi connectivity index (χ2v) is 5.01. The van der Waals surface area contributed by atoms with E-state index in [9.17, 15) is 0 Å². The number of nitrogens with one attached hydrogen (secondary N) is 1. The molecule has 1 N–H and O–H groups in total. The number of rotatable bonds is 9. The van der Waals surface area contributed by atoms with Crippen molar-refractivity contribution >= 4 is 0 Å². The van der Waals surface area contributed by atoms with Crippen molar-refractivity contribution in [2.24, 2.45) is 11.3 Å². The van der Waals surface area contributed by atoms with Crippen molar-refractivity contribution in [2.75, 3.05) is 13.6 Å². The molecule has 0 aliphatic carbocycles. The predicted molar refractivity (Wildman–Crippen MR) is 70.2 cm³/mol. The molecule has 0 fully saturated rings. The van der Waals surface area contributed by atoms with Gasteiger partial charge in [-0.2, -0.15) is 0 Å². The molecule has 0 aromatic carbocycles. The number of hydrogen-bond donors (Lipinski definition) is 1. The second-order valence-electron chi connectivity index (χ2n) is 5.01. The molecule has 0 saturated heterocycles. The topological polar surface area (TPSA) is 12.0 Å². The van der Waals surface area contributed by atoms with Crippen LogP contribution in [-0.4, -0.2) is 13.6 Å². The zero-order valence-electron chi connectivity index (χ0n) is 11.1. The molecule has 2 atom stereocenters. The van der Waals surface area contributed by atoms with Gasteiger partial charge in [0.15, 0.2) is 0 Å². The molecule has 0 aliphatic rings. The van der Waals surface area contributed by atoms with Crippen LogP contribution in [0.2, 0.25) is 0 Å². The molecule has 0 heterocycles. The second kappa shape index (κ2) is 7.92. The van der Waals surface area contributed by atoms with E-state index in [1.807, 2.05) is 7.05 Å². The Morgan fingerprint density at radius 1 is 1.40 bits per heavy atom. The first kappa shape index (κ1) is 14.7. The summed E-state index contributed by atoms with van der Waals surface area (Å²) in [4.78, 5) is 0. The molecule has 15 heavy (non-hydrogen) atoms. The maximum Gasteiger partial charge on any atom is 0.00368 e. The third kappa shape index (κ3) is 5.99. The van der Waals surface area contributed by atoms with Crippen LogP contribution in [0.1, 0.15) is 52.9 Å². The first-order chi connectivity index (χ1) is 7.11. The van der Waals surface area contributed by atoms with E-state index < -0.39 is 0 Å². The van der Waals surface area contributed by atoms with Crippen molar-refractivity contribution in [2.45, 2.75) is 52.9 Å². The first-order valence-electron chi connectivity index (χ1n) is 6.40. The molecule has 1 nitrogen and oxygen atoms in total. The van der Waals surface area contributed by atoms with Crippen LogP contribution in [-0.2, 0) is 0 Å². The molecule has 1 heteroatoms. The summed E-state index contributed by atoms with van der Waals surface area (Å²) in [6.07, 6.45) is 8.75. The molecular formula is C14H29N. The van der Waals surface area contributed by atoms with Crippen LogP contribution in [0.3, 0.4) is 0 Å². The van der Waals surface area contributed by atoms with E-state index in [4.69, 9.17) is 0 Å². The molecule has 90 valence electrons. The normalized spacial score (nSPS) is 17.1. The van der Waals surface area contributed by atoms with Gasteiger partial charge in [0.05, 0.1) is 0 Å². The van der Waals surface area contributed by atoms with Crippen LogP contribution in [0, 0.1) is 11.3 Å². The molecule has 0 amide bonds. The standard InChI is InChI=1S/C14H29N/c1-6-9-10-13(7-2)11-14(4,8-3)12-15-5/h8,13,15H,3,6-7,9-12H2,1-2,4-5H3. The third-order valence-electron chi connectivity index (χ3n) is 3.37. The van der Waals surface area contributed by atoms with Gasteiger partial charge in [0.2, 0.25) is 0 Å². The van der Waals surface area contributed by atoms with Gasteiger partial charge >= 0.3 is 0 Å². The average molecular weight is 211 g/mol. The largest absolute Gasteiger partial charge is 0.319 e. The summed E-state index contributed by atoms with van der Waals surface area (Å²) in [5.74, 6) is 0.862. The summed E-state index contributed by atoms with van der Waals surface area (Å²) in [7, 11) is 2.02. The summed E-state index contributed by atoms with van der Waals surface area (Å²) in [6.45, 7) is 11.9. The molecular weight excluding hydrogens is 182 g/mol. The fourth-order valence-electron chi connectivity index (χ4n) is 2.23. The average Bonchev–Trinajstić information content (AvgIpc) is 2.24. The van der Waals surface area contributed by atoms with Crippen LogP contribution in [0.25, 0.3) is 0 Å². The molecule has 0 radical (unpaired) electrons. The predicted octanol–water partition coefficient (Wildman–Crippen LogP) is 4.00. The summed E-state index contributed by atoms with van der Waals surface area (Å²) in [6, 6.07) is 0. The lowest BCUT2D eigenvalue weighted by Gasteiger charge is -2.30. The molecule has 0 spiro atoms. The SMILES string of the molecule is C=CC(C)(CNC)CC(CC)CCCC. The fourth-order valence-corrected chi connectivity index (χ4v) is 2.23. The summed E-state index contributed by atoms with van der Waals surface area (Å²) < 4.78 is 0. The van der Waals surface area contributed by atoms with Gasteiger partial charge < -0.3 is 5.32 Å². The Labute approximate surface area is 96.3 Å². The maximum atomic E-state index is 3.98. The van der Waals surface area contributed by atoms with Crippen LogP contribution in [0.4, 0.5) is 0 Å². The molecule has 0 aromatic heterocycles. The van der Waals surface area contributed by atoms with E-state index >= 15 is 0 Å². The minimum Gasteiger partial charge on any atom is -0.319 e.